The van der Waals surface area contributed by atoms with Gasteiger partial charge in [0, 0.05) is 0 Å². The zero-order valence-corrected chi connectivity index (χ0v) is 12.7. The van der Waals surface area contributed by atoms with E-state index >= 15 is 0 Å². The second kappa shape index (κ2) is 6.37. The predicted molar refractivity (Wildman–Crippen MR) is 74.2 cm³/mol. The number of nitrogens with one attached hydrogen (secondary N) is 1. The van der Waals surface area contributed by atoms with Crippen molar-refractivity contribution in [2.75, 3.05) is 7.11 Å². The number of hydrogen-bond donors (Lipinski definition) is 1. The highest BCUT2D eigenvalue weighted by Crippen LogP contribution is 2.32. The van der Waals surface area contributed by atoms with Gasteiger partial charge in [0.2, 0.25) is 0 Å². The Labute approximate surface area is 126 Å². The predicted octanol–water partition coefficient (Wildman–Crippen LogP) is 3.02. The molecule has 0 aliphatic heterocycles. The smallest absolute Gasteiger partial charge is 0.417 e. The van der Waals surface area contributed by atoms with Gasteiger partial charge in [0.05, 0.1) is 18.2 Å². The molecule has 0 bridgehead atoms. The van der Waals surface area contributed by atoms with Gasteiger partial charge in [0.1, 0.15) is 6.04 Å². The number of methoxy groups -OCH3 is 1. The summed E-state index contributed by atoms with van der Waals surface area (Å²) in [6.07, 6.45) is -4.66. The molecule has 1 aromatic rings. The van der Waals surface area contributed by atoms with Crippen molar-refractivity contribution in [2.24, 2.45) is 5.41 Å². The second-order valence-electron chi connectivity index (χ2n) is 5.84. The van der Waals surface area contributed by atoms with Crippen molar-refractivity contribution in [3.8, 4) is 0 Å². The van der Waals surface area contributed by atoms with Crippen LogP contribution in [0.15, 0.2) is 24.3 Å². The molecule has 0 fully saturated rings. The third kappa shape index (κ3) is 4.22. The first-order valence-corrected chi connectivity index (χ1v) is 6.53. The van der Waals surface area contributed by atoms with Gasteiger partial charge < -0.3 is 10.1 Å². The maximum atomic E-state index is 12.9. The summed E-state index contributed by atoms with van der Waals surface area (Å²) in [5.41, 5.74) is -2.30. The number of amides is 1. The molecule has 1 N–H and O–H groups in total. The molecule has 0 radical (unpaired) electrons. The lowest BCUT2D eigenvalue weighted by molar-refractivity contribution is -0.145. The van der Waals surface area contributed by atoms with Crippen molar-refractivity contribution < 1.29 is 27.5 Å². The number of alkyl halides is 3. The number of rotatable bonds is 3. The molecule has 0 heterocycles. The third-order valence-electron chi connectivity index (χ3n) is 3.06. The number of ether oxygens (including phenoxy) is 1. The third-order valence-corrected chi connectivity index (χ3v) is 3.06. The van der Waals surface area contributed by atoms with Crippen LogP contribution in [0.2, 0.25) is 0 Å². The largest absolute Gasteiger partial charge is 0.467 e. The van der Waals surface area contributed by atoms with E-state index in [0.29, 0.717) is 0 Å². The Kier molecular flexibility index (Phi) is 5.22. The molecular weight excluding hydrogens is 299 g/mol. The van der Waals surface area contributed by atoms with Crippen LogP contribution in [-0.4, -0.2) is 25.0 Å². The molecule has 0 saturated heterocycles. The highest BCUT2D eigenvalue weighted by atomic mass is 19.4. The van der Waals surface area contributed by atoms with Gasteiger partial charge in [-0.3, -0.25) is 4.79 Å². The van der Waals surface area contributed by atoms with E-state index in [-0.39, 0.29) is 0 Å². The molecule has 122 valence electrons. The Balaban J connectivity index is 3.14. The zero-order valence-electron chi connectivity index (χ0n) is 12.7. The average Bonchev–Trinajstić information content (AvgIpc) is 2.41. The first-order chi connectivity index (χ1) is 9.98. The van der Waals surface area contributed by atoms with Crippen LogP contribution in [0.1, 0.15) is 36.7 Å². The average molecular weight is 317 g/mol. The van der Waals surface area contributed by atoms with Gasteiger partial charge in [-0.2, -0.15) is 13.2 Å². The van der Waals surface area contributed by atoms with Crippen LogP contribution in [-0.2, 0) is 15.7 Å². The fraction of sp³-hybridized carbons (Fsp3) is 0.467. The summed E-state index contributed by atoms with van der Waals surface area (Å²) in [7, 11) is 1.15. The standard InChI is InChI=1S/C15H18F3NO3/c1-14(2,3)11(13(21)22-4)19-12(20)9-7-5-6-8-10(9)15(16,17)18/h5-8,11H,1-4H3,(H,19,20)/t11-/m1/s1. The monoisotopic (exact) mass is 317 g/mol. The number of carbonyl (C=O) groups is 2. The molecular formula is C15H18F3NO3. The second-order valence-corrected chi connectivity index (χ2v) is 5.84. The maximum absolute atomic E-state index is 12.9. The Hall–Kier alpha value is -2.05. The molecule has 1 amide bonds. The van der Waals surface area contributed by atoms with Crippen molar-refractivity contribution in [3.05, 3.63) is 35.4 Å². The molecule has 0 aromatic heterocycles. The van der Waals surface area contributed by atoms with E-state index < -0.39 is 40.6 Å². The normalized spacial score (nSPS) is 13.4. The highest BCUT2D eigenvalue weighted by Gasteiger charge is 2.38. The Bertz CT molecular complexity index is 562. The summed E-state index contributed by atoms with van der Waals surface area (Å²) in [5, 5.41) is 2.32. The number of carbonyl (C=O) groups excluding carboxylic acids is 2. The lowest BCUT2D eigenvalue weighted by atomic mass is 9.86. The molecule has 1 atom stereocenters. The lowest BCUT2D eigenvalue weighted by Crippen LogP contribution is -2.49. The van der Waals surface area contributed by atoms with E-state index in [1.807, 2.05) is 0 Å². The van der Waals surface area contributed by atoms with Crippen LogP contribution in [0.25, 0.3) is 0 Å². The Morgan fingerprint density at radius 3 is 2.14 bits per heavy atom. The maximum Gasteiger partial charge on any atom is 0.417 e. The van der Waals surface area contributed by atoms with E-state index in [1.165, 1.54) is 12.1 Å². The number of halogens is 3. The van der Waals surface area contributed by atoms with E-state index in [0.717, 1.165) is 19.2 Å². The van der Waals surface area contributed by atoms with Crippen LogP contribution in [0, 0.1) is 5.41 Å². The Morgan fingerprint density at radius 2 is 1.68 bits per heavy atom. The van der Waals surface area contributed by atoms with Gasteiger partial charge in [-0.05, 0) is 17.5 Å². The van der Waals surface area contributed by atoms with Gasteiger partial charge in [0.15, 0.2) is 0 Å². The molecule has 0 aliphatic carbocycles. The van der Waals surface area contributed by atoms with Crippen molar-refractivity contribution in [1.29, 1.82) is 0 Å². The molecule has 1 rings (SSSR count). The summed E-state index contributed by atoms with van der Waals surface area (Å²) in [6, 6.07) is 3.34. The minimum Gasteiger partial charge on any atom is -0.467 e. The van der Waals surface area contributed by atoms with Gasteiger partial charge in [-0.1, -0.05) is 32.9 Å². The van der Waals surface area contributed by atoms with Gasteiger partial charge >= 0.3 is 12.1 Å². The molecule has 0 unspecified atom stereocenters. The number of hydrogen-bond acceptors (Lipinski definition) is 3. The van der Waals surface area contributed by atoms with E-state index in [4.69, 9.17) is 0 Å². The molecule has 0 spiro atoms. The van der Waals surface area contributed by atoms with Crippen molar-refractivity contribution >= 4 is 11.9 Å². The van der Waals surface area contributed by atoms with Crippen LogP contribution in [0.4, 0.5) is 13.2 Å². The summed E-state index contributed by atoms with van der Waals surface area (Å²) >= 11 is 0. The molecule has 22 heavy (non-hydrogen) atoms. The molecule has 1 aromatic carbocycles. The van der Waals surface area contributed by atoms with Crippen LogP contribution >= 0.6 is 0 Å². The van der Waals surface area contributed by atoms with Gasteiger partial charge in [0.25, 0.3) is 5.91 Å². The minimum atomic E-state index is -4.66. The quantitative estimate of drug-likeness (QED) is 0.872. The summed E-state index contributed by atoms with van der Waals surface area (Å²) in [4.78, 5) is 23.9. The van der Waals surface area contributed by atoms with Crippen molar-refractivity contribution in [1.82, 2.24) is 5.32 Å². The van der Waals surface area contributed by atoms with Gasteiger partial charge in [-0.15, -0.1) is 0 Å². The molecule has 0 saturated carbocycles. The lowest BCUT2D eigenvalue weighted by Gasteiger charge is -2.29. The SMILES string of the molecule is COC(=O)[C@@H](NC(=O)c1ccccc1C(F)(F)F)C(C)(C)C. The number of esters is 1. The van der Waals surface area contributed by atoms with E-state index in [2.05, 4.69) is 10.1 Å². The first kappa shape index (κ1) is 18.0. The topological polar surface area (TPSA) is 55.4 Å². The zero-order chi connectivity index (χ0) is 17.1. The number of benzene rings is 1. The van der Waals surface area contributed by atoms with Crippen LogP contribution < -0.4 is 5.32 Å². The minimum absolute atomic E-state index is 0.534. The van der Waals surface area contributed by atoms with E-state index in [9.17, 15) is 22.8 Å². The van der Waals surface area contributed by atoms with Crippen molar-refractivity contribution in [3.63, 3.8) is 0 Å². The summed E-state index contributed by atoms with van der Waals surface area (Å²) in [5.74, 6) is -1.69. The fourth-order valence-electron chi connectivity index (χ4n) is 1.88. The molecule has 4 nitrogen and oxygen atoms in total. The van der Waals surface area contributed by atoms with Gasteiger partial charge in [-0.25, -0.2) is 4.79 Å². The highest BCUT2D eigenvalue weighted by molar-refractivity contribution is 5.98. The van der Waals surface area contributed by atoms with Crippen molar-refractivity contribution in [2.45, 2.75) is 33.0 Å². The van der Waals surface area contributed by atoms with Crippen LogP contribution in [0.3, 0.4) is 0 Å². The molecule has 0 aliphatic rings. The first-order valence-electron chi connectivity index (χ1n) is 6.53. The Morgan fingerprint density at radius 1 is 1.14 bits per heavy atom. The molecule has 7 heteroatoms. The van der Waals surface area contributed by atoms with E-state index in [1.54, 1.807) is 20.8 Å². The summed E-state index contributed by atoms with van der Waals surface area (Å²) in [6.45, 7) is 5.01. The van der Waals surface area contributed by atoms with Crippen LogP contribution in [0.5, 0.6) is 0 Å². The summed E-state index contributed by atoms with van der Waals surface area (Å²) < 4.78 is 43.4. The fourth-order valence-corrected chi connectivity index (χ4v) is 1.88.